The smallest absolute Gasteiger partial charge is 0.195 e. The second-order valence-corrected chi connectivity index (χ2v) is 12.3. The molecule has 9 aromatic rings. The summed E-state index contributed by atoms with van der Waals surface area (Å²) in [7, 11) is 0. The summed E-state index contributed by atoms with van der Waals surface area (Å²) < 4.78 is 8.98. The van der Waals surface area contributed by atoms with E-state index in [1.807, 2.05) is 22.7 Å². The first-order chi connectivity index (χ1) is 17.8. The van der Waals surface area contributed by atoms with Gasteiger partial charge in [-0.25, -0.2) is 4.98 Å². The van der Waals surface area contributed by atoms with Crippen molar-refractivity contribution in [3.63, 3.8) is 0 Å². The first kappa shape index (κ1) is 19.4. The number of rotatable bonds is 1. The van der Waals surface area contributed by atoms with Crippen LogP contribution in [0, 0.1) is 0 Å². The molecule has 0 aliphatic carbocycles. The van der Waals surface area contributed by atoms with Crippen LogP contribution < -0.4 is 0 Å². The Hall–Kier alpha value is -3.77. The Morgan fingerprint density at radius 2 is 1.22 bits per heavy atom. The van der Waals surface area contributed by atoms with Crippen molar-refractivity contribution in [2.24, 2.45) is 0 Å². The van der Waals surface area contributed by atoms with Gasteiger partial charge in [-0.1, -0.05) is 65.9 Å². The Labute approximate surface area is 217 Å². The second kappa shape index (κ2) is 6.92. The molecule has 2 nitrogen and oxygen atoms in total. The van der Waals surface area contributed by atoms with Gasteiger partial charge < -0.3 is 0 Å². The molecule has 36 heavy (non-hydrogen) atoms. The Balaban J connectivity index is 1.43. The summed E-state index contributed by atoms with van der Waals surface area (Å²) in [5.41, 5.74) is 3.50. The van der Waals surface area contributed by atoms with Crippen LogP contribution in [0.25, 0.3) is 77.5 Å². The predicted molar refractivity (Wildman–Crippen MR) is 160 cm³/mol. The molecule has 0 unspecified atom stereocenters. The lowest BCUT2D eigenvalue weighted by Gasteiger charge is -2.03. The standard InChI is InChI=1S/C31H16N2S3/c1-4-10-23-17(7-1)20-16-28-21(18-8-2-5-11-25(18)35-28)15-24(20)33(23)31-32-22-13-14-27-29(30(22)36-31)19-9-3-6-12-26(19)34-27/h1-16H. The maximum atomic E-state index is 5.21. The second-order valence-electron chi connectivity index (χ2n) is 9.20. The molecule has 0 aliphatic rings. The summed E-state index contributed by atoms with van der Waals surface area (Å²) in [6.07, 6.45) is 0. The van der Waals surface area contributed by atoms with Crippen LogP contribution in [0.4, 0.5) is 0 Å². The lowest BCUT2D eigenvalue weighted by molar-refractivity contribution is 1.15. The van der Waals surface area contributed by atoms with E-state index in [0.29, 0.717) is 0 Å². The summed E-state index contributed by atoms with van der Waals surface area (Å²) >= 11 is 5.55. The zero-order valence-corrected chi connectivity index (χ0v) is 21.3. The lowest BCUT2D eigenvalue weighted by Crippen LogP contribution is -1.92. The van der Waals surface area contributed by atoms with Gasteiger partial charge in [0, 0.05) is 51.1 Å². The Morgan fingerprint density at radius 3 is 2.11 bits per heavy atom. The Bertz CT molecular complexity index is 2330. The number of fused-ring (bicyclic) bond motifs is 11. The predicted octanol–water partition coefficient (Wildman–Crippen LogP) is 10.1. The third-order valence-electron chi connectivity index (χ3n) is 7.25. The molecule has 0 aliphatic heterocycles. The minimum Gasteiger partial charge on any atom is -0.285 e. The summed E-state index contributed by atoms with van der Waals surface area (Å²) in [4.78, 5) is 5.21. The van der Waals surface area contributed by atoms with E-state index >= 15 is 0 Å². The fourth-order valence-electron chi connectivity index (χ4n) is 5.67. The van der Waals surface area contributed by atoms with Crippen molar-refractivity contribution in [1.29, 1.82) is 0 Å². The quantitative estimate of drug-likeness (QED) is 0.214. The van der Waals surface area contributed by atoms with Crippen LogP contribution in [-0.2, 0) is 0 Å². The van der Waals surface area contributed by atoms with Gasteiger partial charge in [-0.15, -0.1) is 22.7 Å². The molecule has 0 amide bonds. The highest BCUT2D eigenvalue weighted by Gasteiger charge is 2.19. The maximum absolute atomic E-state index is 5.21. The SMILES string of the molecule is c1ccc2c(c1)sc1cc3c4ccccc4n(-c4nc5ccc6sc7ccccc7c6c5s4)c3cc12. The number of benzene rings is 5. The van der Waals surface area contributed by atoms with E-state index < -0.39 is 0 Å². The zero-order valence-electron chi connectivity index (χ0n) is 18.9. The van der Waals surface area contributed by atoms with E-state index in [4.69, 9.17) is 4.98 Å². The molecule has 0 atom stereocenters. The molecule has 0 fully saturated rings. The van der Waals surface area contributed by atoms with Crippen molar-refractivity contribution in [2.45, 2.75) is 0 Å². The summed E-state index contributed by atoms with van der Waals surface area (Å²) in [6, 6.07) is 35.4. The molecule has 5 heteroatoms. The molecule has 0 saturated carbocycles. The number of hydrogen-bond donors (Lipinski definition) is 0. The van der Waals surface area contributed by atoms with Gasteiger partial charge in [-0.2, -0.15) is 0 Å². The van der Waals surface area contributed by atoms with Crippen molar-refractivity contribution in [1.82, 2.24) is 9.55 Å². The summed E-state index contributed by atoms with van der Waals surface area (Å²) in [5, 5.41) is 8.90. The fourth-order valence-corrected chi connectivity index (χ4v) is 9.13. The monoisotopic (exact) mass is 512 g/mol. The fraction of sp³-hybridized carbons (Fsp3) is 0. The maximum Gasteiger partial charge on any atom is 0.195 e. The van der Waals surface area contributed by atoms with Crippen LogP contribution >= 0.6 is 34.0 Å². The van der Waals surface area contributed by atoms with E-state index in [0.717, 1.165) is 10.6 Å². The third kappa shape index (κ3) is 2.47. The van der Waals surface area contributed by atoms with Crippen LogP contribution in [0.15, 0.2) is 97.1 Å². The first-order valence-electron chi connectivity index (χ1n) is 11.9. The van der Waals surface area contributed by atoms with Crippen molar-refractivity contribution in [3.8, 4) is 5.13 Å². The average Bonchev–Trinajstić information content (AvgIpc) is 3.66. The third-order valence-corrected chi connectivity index (χ3v) is 10.6. The normalized spacial score (nSPS) is 12.4. The van der Waals surface area contributed by atoms with Crippen molar-refractivity contribution < 1.29 is 0 Å². The van der Waals surface area contributed by atoms with Crippen LogP contribution in [0.2, 0.25) is 0 Å². The largest absolute Gasteiger partial charge is 0.285 e. The van der Waals surface area contributed by atoms with Crippen LogP contribution in [0.3, 0.4) is 0 Å². The average molecular weight is 513 g/mol. The molecule has 0 spiro atoms. The van der Waals surface area contributed by atoms with Gasteiger partial charge in [-0.3, -0.25) is 4.57 Å². The number of thiophene rings is 2. The number of para-hydroxylation sites is 1. The molecule has 0 saturated heterocycles. The highest BCUT2D eigenvalue weighted by molar-refractivity contribution is 7.28. The summed E-state index contributed by atoms with van der Waals surface area (Å²) in [5.74, 6) is 0. The number of aromatic nitrogens is 2. The van der Waals surface area contributed by atoms with Crippen LogP contribution in [0.1, 0.15) is 0 Å². The van der Waals surface area contributed by atoms with E-state index in [9.17, 15) is 0 Å². The molecule has 9 rings (SSSR count). The highest BCUT2D eigenvalue weighted by atomic mass is 32.1. The molecule has 0 bridgehead atoms. The molecular weight excluding hydrogens is 497 g/mol. The minimum atomic E-state index is 1.03. The molecule has 4 aromatic heterocycles. The van der Waals surface area contributed by atoms with Gasteiger partial charge in [0.05, 0.1) is 21.3 Å². The van der Waals surface area contributed by atoms with Gasteiger partial charge in [0.25, 0.3) is 0 Å². The van der Waals surface area contributed by atoms with Crippen molar-refractivity contribution >= 4 is 106 Å². The van der Waals surface area contributed by atoms with Gasteiger partial charge >= 0.3 is 0 Å². The van der Waals surface area contributed by atoms with Crippen molar-refractivity contribution in [2.75, 3.05) is 0 Å². The number of hydrogen-bond acceptors (Lipinski definition) is 4. The van der Waals surface area contributed by atoms with Gasteiger partial charge in [0.2, 0.25) is 0 Å². The van der Waals surface area contributed by atoms with Crippen molar-refractivity contribution in [3.05, 3.63) is 97.1 Å². The van der Waals surface area contributed by atoms with Crippen LogP contribution in [-0.4, -0.2) is 9.55 Å². The molecule has 0 radical (unpaired) electrons. The summed E-state index contributed by atoms with van der Waals surface area (Å²) in [6.45, 7) is 0. The molecule has 5 aromatic carbocycles. The molecule has 0 N–H and O–H groups in total. The molecular formula is C31H16N2S3. The first-order valence-corrected chi connectivity index (χ1v) is 14.3. The Kier molecular flexibility index (Phi) is 3.73. The van der Waals surface area contributed by atoms with Gasteiger partial charge in [-0.05, 0) is 42.5 Å². The number of nitrogens with zero attached hydrogens (tertiary/aromatic N) is 2. The zero-order chi connectivity index (χ0) is 23.4. The van der Waals surface area contributed by atoms with Gasteiger partial charge in [0.1, 0.15) is 0 Å². The van der Waals surface area contributed by atoms with E-state index in [1.54, 1.807) is 11.3 Å². The van der Waals surface area contributed by atoms with Crippen LogP contribution in [0.5, 0.6) is 0 Å². The number of thiazole rings is 1. The van der Waals surface area contributed by atoms with E-state index in [1.165, 1.54) is 66.9 Å². The van der Waals surface area contributed by atoms with E-state index in [2.05, 4.69) is 102 Å². The van der Waals surface area contributed by atoms with E-state index in [-0.39, 0.29) is 0 Å². The molecule has 4 heterocycles. The Morgan fingerprint density at radius 1 is 0.500 bits per heavy atom. The lowest BCUT2D eigenvalue weighted by atomic mass is 10.1. The topological polar surface area (TPSA) is 17.8 Å². The molecule has 168 valence electrons. The van der Waals surface area contributed by atoms with Gasteiger partial charge in [0.15, 0.2) is 5.13 Å². The minimum absolute atomic E-state index is 1.03. The highest BCUT2D eigenvalue weighted by Crippen LogP contribution is 2.44.